The fraction of sp³-hybridized carbons (Fsp3) is 0.429. The molecule has 0 N–H and O–H groups in total. The first kappa shape index (κ1) is 18.2. The van der Waals surface area contributed by atoms with Crippen LogP contribution >= 0.6 is 0 Å². The highest BCUT2D eigenvalue weighted by Crippen LogP contribution is 2.31. The van der Waals surface area contributed by atoms with Gasteiger partial charge in [-0.15, -0.1) is 0 Å². The number of carbonyl (C=O) groups is 2. The number of allylic oxidation sites excluding steroid dienone is 2. The summed E-state index contributed by atoms with van der Waals surface area (Å²) in [5, 5.41) is 0. The van der Waals surface area contributed by atoms with Crippen molar-refractivity contribution in [3.05, 3.63) is 53.1 Å². The Bertz CT molecular complexity index is 640. The van der Waals surface area contributed by atoms with E-state index in [1.54, 1.807) is 13.0 Å². The van der Waals surface area contributed by atoms with Gasteiger partial charge in [-0.05, 0) is 17.5 Å². The number of esters is 1. The van der Waals surface area contributed by atoms with Crippen LogP contribution in [-0.2, 0) is 14.3 Å². The van der Waals surface area contributed by atoms with E-state index in [2.05, 4.69) is 6.92 Å². The van der Waals surface area contributed by atoms with E-state index in [0.717, 1.165) is 36.8 Å². The van der Waals surface area contributed by atoms with Crippen molar-refractivity contribution in [2.45, 2.75) is 51.9 Å². The van der Waals surface area contributed by atoms with Gasteiger partial charge in [-0.1, -0.05) is 75.6 Å². The maximum Gasteiger partial charge on any atom is 0.341 e. The Morgan fingerprint density at radius 1 is 1.12 bits per heavy atom. The molecule has 0 saturated heterocycles. The molecule has 1 aromatic rings. The minimum atomic E-state index is -0.490. The Hall–Kier alpha value is -2.16. The van der Waals surface area contributed by atoms with Crippen molar-refractivity contribution < 1.29 is 14.3 Å². The zero-order valence-corrected chi connectivity index (χ0v) is 14.6. The molecule has 2 rings (SSSR count). The monoisotopic (exact) mass is 326 g/mol. The van der Waals surface area contributed by atoms with Gasteiger partial charge in [0.25, 0.3) is 0 Å². The summed E-state index contributed by atoms with van der Waals surface area (Å²) < 4.78 is 5.32. The van der Waals surface area contributed by atoms with E-state index in [1.165, 1.54) is 0 Å². The quantitative estimate of drug-likeness (QED) is 0.215. The van der Waals surface area contributed by atoms with Crippen LogP contribution in [0.4, 0.5) is 0 Å². The van der Waals surface area contributed by atoms with Gasteiger partial charge in [-0.2, -0.15) is 0 Å². The molecule has 0 fully saturated rings. The number of fused-ring (bicyclic) bond motifs is 1. The number of carbonyl (C=O) groups excluding carboxylic acids is 2. The van der Waals surface area contributed by atoms with Gasteiger partial charge in [0.05, 0.1) is 12.2 Å². The molecule has 0 aliphatic heterocycles. The van der Waals surface area contributed by atoms with E-state index in [1.807, 2.05) is 36.4 Å². The standard InChI is InChI=1S/C21H26O3/c1-3-5-6-9-14-24-21(23)19(20(22)4-2)15-17-13-12-16-10-7-8-11-18(16)17/h7-8,10-13,15,17H,3-6,9,14H2,1-2H3. The van der Waals surface area contributed by atoms with Gasteiger partial charge in [-0.25, -0.2) is 4.79 Å². The molecular formula is C21H26O3. The topological polar surface area (TPSA) is 43.4 Å². The number of ketones is 1. The van der Waals surface area contributed by atoms with E-state index in [0.29, 0.717) is 13.0 Å². The van der Waals surface area contributed by atoms with Gasteiger partial charge >= 0.3 is 5.97 Å². The molecule has 1 aliphatic carbocycles. The smallest absolute Gasteiger partial charge is 0.341 e. The molecule has 0 bridgehead atoms. The van der Waals surface area contributed by atoms with Crippen LogP contribution in [0.3, 0.4) is 0 Å². The summed E-state index contributed by atoms with van der Waals surface area (Å²) in [5.74, 6) is -0.693. The average molecular weight is 326 g/mol. The third-order valence-electron chi connectivity index (χ3n) is 4.26. The normalized spacial score (nSPS) is 16.1. The molecule has 1 aliphatic rings. The van der Waals surface area contributed by atoms with Crippen molar-refractivity contribution in [1.29, 1.82) is 0 Å². The number of hydrogen-bond donors (Lipinski definition) is 0. The molecular weight excluding hydrogens is 300 g/mol. The van der Waals surface area contributed by atoms with Crippen LogP contribution < -0.4 is 0 Å². The predicted octanol–water partition coefficient (Wildman–Crippen LogP) is 4.83. The van der Waals surface area contributed by atoms with Crippen molar-refractivity contribution in [3.8, 4) is 0 Å². The molecule has 0 spiro atoms. The van der Waals surface area contributed by atoms with Crippen LogP contribution in [-0.4, -0.2) is 18.4 Å². The Balaban J connectivity index is 2.07. The van der Waals surface area contributed by atoms with Gasteiger partial charge in [0, 0.05) is 12.3 Å². The molecule has 0 amide bonds. The molecule has 1 atom stereocenters. The Morgan fingerprint density at radius 3 is 2.67 bits per heavy atom. The minimum Gasteiger partial charge on any atom is -0.462 e. The van der Waals surface area contributed by atoms with Crippen molar-refractivity contribution in [1.82, 2.24) is 0 Å². The molecule has 128 valence electrons. The predicted molar refractivity (Wildman–Crippen MR) is 96.7 cm³/mol. The summed E-state index contributed by atoms with van der Waals surface area (Å²) in [6.45, 7) is 4.28. The number of unbranched alkanes of at least 4 members (excludes halogenated alkanes) is 3. The first-order valence-corrected chi connectivity index (χ1v) is 8.86. The fourth-order valence-electron chi connectivity index (χ4n) is 2.84. The lowest BCUT2D eigenvalue weighted by Crippen LogP contribution is -2.17. The summed E-state index contributed by atoms with van der Waals surface area (Å²) in [6.07, 6.45) is 10.3. The highest BCUT2D eigenvalue weighted by molar-refractivity contribution is 6.17. The van der Waals surface area contributed by atoms with Crippen molar-refractivity contribution in [2.75, 3.05) is 6.61 Å². The number of Topliss-reactive ketones (excluding diaryl/α,β-unsaturated/α-hetero) is 1. The second-order valence-corrected chi connectivity index (χ2v) is 6.07. The van der Waals surface area contributed by atoms with Crippen LogP contribution in [0.2, 0.25) is 0 Å². The number of benzene rings is 1. The van der Waals surface area contributed by atoms with E-state index < -0.39 is 5.97 Å². The van der Waals surface area contributed by atoms with Gasteiger partial charge in [-0.3, -0.25) is 4.79 Å². The number of rotatable bonds is 9. The van der Waals surface area contributed by atoms with Gasteiger partial charge in [0.2, 0.25) is 0 Å². The van der Waals surface area contributed by atoms with Gasteiger partial charge in [0.1, 0.15) is 0 Å². The van der Waals surface area contributed by atoms with Crippen LogP contribution in [0.1, 0.15) is 63.0 Å². The largest absolute Gasteiger partial charge is 0.462 e. The van der Waals surface area contributed by atoms with E-state index in [4.69, 9.17) is 4.74 Å². The summed E-state index contributed by atoms with van der Waals surface area (Å²) in [4.78, 5) is 24.5. The summed E-state index contributed by atoms with van der Waals surface area (Å²) in [5.41, 5.74) is 2.43. The summed E-state index contributed by atoms with van der Waals surface area (Å²) >= 11 is 0. The van der Waals surface area contributed by atoms with Crippen molar-refractivity contribution in [2.24, 2.45) is 0 Å². The van der Waals surface area contributed by atoms with Gasteiger partial charge in [0.15, 0.2) is 5.78 Å². The molecule has 3 nitrogen and oxygen atoms in total. The third kappa shape index (κ3) is 4.67. The summed E-state index contributed by atoms with van der Waals surface area (Å²) in [6, 6.07) is 8.02. The molecule has 3 heteroatoms. The Morgan fingerprint density at radius 2 is 1.92 bits per heavy atom. The zero-order valence-electron chi connectivity index (χ0n) is 14.6. The fourth-order valence-corrected chi connectivity index (χ4v) is 2.84. The van der Waals surface area contributed by atoms with E-state index >= 15 is 0 Å². The Kier molecular flexibility index (Phi) is 6.98. The lowest BCUT2D eigenvalue weighted by atomic mass is 9.96. The van der Waals surface area contributed by atoms with Crippen molar-refractivity contribution >= 4 is 17.8 Å². The highest BCUT2D eigenvalue weighted by atomic mass is 16.5. The molecule has 24 heavy (non-hydrogen) atoms. The lowest BCUT2D eigenvalue weighted by molar-refractivity contribution is -0.140. The zero-order chi connectivity index (χ0) is 17.4. The molecule has 0 aromatic heterocycles. The molecule has 0 heterocycles. The molecule has 0 saturated carbocycles. The molecule has 1 unspecified atom stereocenters. The minimum absolute atomic E-state index is 0.0423. The van der Waals surface area contributed by atoms with E-state index in [-0.39, 0.29) is 17.3 Å². The van der Waals surface area contributed by atoms with E-state index in [9.17, 15) is 9.59 Å². The second-order valence-electron chi connectivity index (χ2n) is 6.07. The second kappa shape index (κ2) is 9.21. The Labute approximate surface area is 144 Å². The van der Waals surface area contributed by atoms with Crippen LogP contribution in [0.5, 0.6) is 0 Å². The van der Waals surface area contributed by atoms with Crippen molar-refractivity contribution in [3.63, 3.8) is 0 Å². The first-order chi connectivity index (χ1) is 11.7. The maximum atomic E-state index is 12.3. The molecule has 1 aromatic carbocycles. The molecule has 0 radical (unpaired) electrons. The first-order valence-electron chi connectivity index (χ1n) is 8.86. The number of ether oxygens (including phenoxy) is 1. The van der Waals surface area contributed by atoms with Crippen LogP contribution in [0.25, 0.3) is 6.08 Å². The third-order valence-corrected chi connectivity index (χ3v) is 4.26. The van der Waals surface area contributed by atoms with Gasteiger partial charge < -0.3 is 4.74 Å². The number of hydrogen-bond acceptors (Lipinski definition) is 3. The van der Waals surface area contributed by atoms with Crippen LogP contribution in [0.15, 0.2) is 42.0 Å². The van der Waals surface area contributed by atoms with Crippen LogP contribution in [0, 0.1) is 0 Å². The summed E-state index contributed by atoms with van der Waals surface area (Å²) in [7, 11) is 0. The lowest BCUT2D eigenvalue weighted by Gasteiger charge is -2.10. The SMILES string of the molecule is CCCCCCOC(=O)C(=CC1C=Cc2ccccc21)C(=O)CC. The maximum absolute atomic E-state index is 12.3. The highest BCUT2D eigenvalue weighted by Gasteiger charge is 2.22. The average Bonchev–Trinajstić information content (AvgIpc) is 3.01.